The summed E-state index contributed by atoms with van der Waals surface area (Å²) in [7, 11) is 0. The van der Waals surface area contributed by atoms with E-state index in [-0.39, 0.29) is 23.9 Å². The molecule has 4 rings (SSSR count). The molecule has 5 heteroatoms. The molecule has 1 aliphatic heterocycles. The second kappa shape index (κ2) is 7.77. The van der Waals surface area contributed by atoms with E-state index in [1.165, 1.54) is 26.0 Å². The molecular formula is C25H28F3NO. The van der Waals surface area contributed by atoms with E-state index >= 15 is 8.78 Å². The molecule has 0 saturated carbocycles. The second-order valence-electron chi connectivity index (χ2n) is 8.92. The molecule has 0 N–H and O–H groups in total. The fraction of sp³-hybridized carbons (Fsp3) is 0.440. The maximum absolute atomic E-state index is 15.3. The van der Waals surface area contributed by atoms with E-state index in [0.29, 0.717) is 13.0 Å². The van der Waals surface area contributed by atoms with Crippen LogP contribution in [0.15, 0.2) is 42.0 Å². The van der Waals surface area contributed by atoms with Gasteiger partial charge in [-0.25, -0.2) is 13.2 Å². The third-order valence-corrected chi connectivity index (χ3v) is 6.03. The van der Waals surface area contributed by atoms with E-state index in [4.69, 9.17) is 4.74 Å². The first-order valence-corrected chi connectivity index (χ1v) is 10.6. The molecule has 0 spiro atoms. The largest absolute Gasteiger partial charge is 0.494 e. The number of nitrogens with zero attached hydrogens (tertiary/aromatic N) is 1. The molecule has 1 heterocycles. The lowest BCUT2D eigenvalue weighted by molar-refractivity contribution is 0.0676. The van der Waals surface area contributed by atoms with Gasteiger partial charge in [0.2, 0.25) is 0 Å². The lowest BCUT2D eigenvalue weighted by Crippen LogP contribution is -2.47. The Balaban J connectivity index is 1.87. The summed E-state index contributed by atoms with van der Waals surface area (Å²) in [5, 5.41) is 0. The van der Waals surface area contributed by atoms with Gasteiger partial charge in [0.05, 0.1) is 12.6 Å². The molecule has 0 unspecified atom stereocenters. The van der Waals surface area contributed by atoms with Gasteiger partial charge in [-0.05, 0) is 62.8 Å². The quantitative estimate of drug-likeness (QED) is 0.572. The van der Waals surface area contributed by atoms with Crippen molar-refractivity contribution in [2.75, 3.05) is 13.2 Å². The molecule has 2 aromatic carbocycles. The van der Waals surface area contributed by atoms with Crippen LogP contribution >= 0.6 is 0 Å². The van der Waals surface area contributed by atoms with Gasteiger partial charge in [0, 0.05) is 30.3 Å². The number of alkyl halides is 1. The summed E-state index contributed by atoms with van der Waals surface area (Å²) < 4.78 is 50.6. The highest BCUT2D eigenvalue weighted by atomic mass is 19.1. The molecule has 0 fully saturated rings. The zero-order chi connectivity index (χ0) is 21.6. The van der Waals surface area contributed by atoms with E-state index < -0.39 is 23.3 Å². The Bertz CT molecular complexity index is 969. The van der Waals surface area contributed by atoms with Crippen LogP contribution in [0, 0.1) is 11.6 Å². The van der Waals surface area contributed by atoms with Crippen molar-refractivity contribution in [3.8, 4) is 5.75 Å². The molecule has 2 aliphatic rings. The van der Waals surface area contributed by atoms with Gasteiger partial charge in [0.25, 0.3) is 0 Å². The number of hydrogen-bond acceptors (Lipinski definition) is 2. The summed E-state index contributed by atoms with van der Waals surface area (Å²) in [5.41, 5.74) is 2.91. The summed E-state index contributed by atoms with van der Waals surface area (Å²) in [4.78, 5) is 1.92. The maximum Gasteiger partial charge on any atom is 0.134 e. The Kier molecular flexibility index (Phi) is 5.43. The monoisotopic (exact) mass is 415 g/mol. The minimum atomic E-state index is -1.49. The predicted octanol–water partition coefficient (Wildman–Crippen LogP) is 6.26. The Labute approximate surface area is 176 Å². The van der Waals surface area contributed by atoms with Gasteiger partial charge >= 0.3 is 0 Å². The van der Waals surface area contributed by atoms with Crippen molar-refractivity contribution >= 4 is 5.57 Å². The van der Waals surface area contributed by atoms with Gasteiger partial charge in [-0.2, -0.15) is 0 Å². The van der Waals surface area contributed by atoms with Crippen LogP contribution in [0.25, 0.3) is 5.57 Å². The summed E-state index contributed by atoms with van der Waals surface area (Å²) in [6, 6.07) is 9.87. The van der Waals surface area contributed by atoms with E-state index in [2.05, 4.69) is 12.1 Å². The highest BCUT2D eigenvalue weighted by Crippen LogP contribution is 2.50. The van der Waals surface area contributed by atoms with Crippen LogP contribution < -0.4 is 4.74 Å². The van der Waals surface area contributed by atoms with Crippen LogP contribution in [0.2, 0.25) is 0 Å². The molecule has 2 aromatic rings. The predicted molar refractivity (Wildman–Crippen MR) is 113 cm³/mol. The first kappa shape index (κ1) is 21.0. The standard InChI is InChI=1S/C25H28F3NO/c1-5-30-17-12-21(26)23(22(27)13-17)24-20-11-16-8-6-7-9-18(16)19(20)10-15(2)29(24)14-25(3,4)28/h6-9,12-13,15,24H,5,10-11,14H2,1-4H3/t15-,24+/m1/s1. The van der Waals surface area contributed by atoms with Crippen molar-refractivity contribution in [1.82, 2.24) is 4.90 Å². The highest BCUT2D eigenvalue weighted by molar-refractivity contribution is 5.79. The van der Waals surface area contributed by atoms with Crippen molar-refractivity contribution in [3.05, 3.63) is 70.3 Å². The van der Waals surface area contributed by atoms with Crippen molar-refractivity contribution < 1.29 is 17.9 Å². The average Bonchev–Trinajstić information content (AvgIpc) is 3.01. The van der Waals surface area contributed by atoms with Crippen molar-refractivity contribution in [1.29, 1.82) is 0 Å². The number of halogens is 3. The molecule has 0 bridgehead atoms. The molecule has 2 nitrogen and oxygen atoms in total. The smallest absolute Gasteiger partial charge is 0.134 e. The molecule has 0 saturated heterocycles. The normalized spacial score (nSPS) is 21.6. The van der Waals surface area contributed by atoms with Crippen LogP contribution in [0.4, 0.5) is 13.2 Å². The third kappa shape index (κ3) is 3.76. The Morgan fingerprint density at radius 1 is 1.13 bits per heavy atom. The molecule has 160 valence electrons. The van der Waals surface area contributed by atoms with Gasteiger partial charge in [-0.3, -0.25) is 4.90 Å². The first-order chi connectivity index (χ1) is 14.2. The lowest BCUT2D eigenvalue weighted by atomic mass is 9.84. The Hall–Kier alpha value is -2.27. The molecular weight excluding hydrogens is 387 g/mol. The Morgan fingerprint density at radius 2 is 1.80 bits per heavy atom. The minimum absolute atomic E-state index is 0.0189. The highest BCUT2D eigenvalue weighted by Gasteiger charge is 2.42. The molecule has 2 atom stereocenters. The van der Waals surface area contributed by atoms with Gasteiger partial charge in [0.15, 0.2) is 0 Å². The maximum atomic E-state index is 15.3. The molecule has 0 aromatic heterocycles. The number of benzene rings is 2. The van der Waals surface area contributed by atoms with E-state index in [9.17, 15) is 4.39 Å². The van der Waals surface area contributed by atoms with Gasteiger partial charge in [-0.15, -0.1) is 0 Å². The fourth-order valence-corrected chi connectivity index (χ4v) is 4.92. The van der Waals surface area contributed by atoms with Crippen LogP contribution in [0.1, 0.15) is 56.8 Å². The first-order valence-electron chi connectivity index (χ1n) is 10.6. The summed E-state index contributed by atoms with van der Waals surface area (Å²) in [6.45, 7) is 7.21. The van der Waals surface area contributed by atoms with Crippen molar-refractivity contribution in [3.63, 3.8) is 0 Å². The van der Waals surface area contributed by atoms with Crippen molar-refractivity contribution in [2.24, 2.45) is 0 Å². The molecule has 1 aliphatic carbocycles. The summed E-state index contributed by atoms with van der Waals surface area (Å²) in [6.07, 6.45) is 1.36. The van der Waals surface area contributed by atoms with Gasteiger partial charge in [0.1, 0.15) is 23.1 Å². The van der Waals surface area contributed by atoms with Crippen LogP contribution in [-0.2, 0) is 6.42 Å². The van der Waals surface area contributed by atoms with Crippen LogP contribution in [-0.4, -0.2) is 29.8 Å². The number of rotatable bonds is 5. The Morgan fingerprint density at radius 3 is 2.43 bits per heavy atom. The zero-order valence-corrected chi connectivity index (χ0v) is 17.9. The lowest BCUT2D eigenvalue weighted by Gasteiger charge is -2.44. The molecule has 0 amide bonds. The summed E-state index contributed by atoms with van der Waals surface area (Å²) >= 11 is 0. The molecule has 0 radical (unpaired) electrons. The number of ether oxygens (including phenoxy) is 1. The second-order valence-corrected chi connectivity index (χ2v) is 8.92. The number of fused-ring (bicyclic) bond motifs is 2. The van der Waals surface area contributed by atoms with E-state index in [0.717, 1.165) is 28.7 Å². The van der Waals surface area contributed by atoms with E-state index in [1.807, 2.05) is 24.0 Å². The van der Waals surface area contributed by atoms with Crippen LogP contribution in [0.3, 0.4) is 0 Å². The zero-order valence-electron chi connectivity index (χ0n) is 17.9. The minimum Gasteiger partial charge on any atom is -0.494 e. The molecule has 30 heavy (non-hydrogen) atoms. The average molecular weight is 415 g/mol. The third-order valence-electron chi connectivity index (χ3n) is 6.03. The number of hydrogen-bond donors (Lipinski definition) is 0. The van der Waals surface area contributed by atoms with Crippen molar-refractivity contribution in [2.45, 2.75) is 58.3 Å². The summed E-state index contributed by atoms with van der Waals surface area (Å²) in [5.74, 6) is -1.13. The topological polar surface area (TPSA) is 12.5 Å². The van der Waals surface area contributed by atoms with Gasteiger partial charge < -0.3 is 4.74 Å². The SMILES string of the molecule is CCOc1cc(F)c([C@@H]2C3=C(C[C@@H](C)N2CC(C)(C)F)c2ccccc2C3)c(F)c1. The van der Waals surface area contributed by atoms with Gasteiger partial charge in [-0.1, -0.05) is 24.3 Å². The van der Waals surface area contributed by atoms with E-state index in [1.54, 1.807) is 6.92 Å². The van der Waals surface area contributed by atoms with Crippen LogP contribution in [0.5, 0.6) is 5.75 Å². The fourth-order valence-electron chi connectivity index (χ4n) is 4.92.